The SMILES string of the molecule is NC(=O)CNCc1nc(C23CC4CC(CC(C4)C2)C3)no1. The first kappa shape index (κ1) is 13.2. The summed E-state index contributed by atoms with van der Waals surface area (Å²) in [5, 5.41) is 7.18. The van der Waals surface area contributed by atoms with Gasteiger partial charge >= 0.3 is 0 Å². The lowest BCUT2D eigenvalue weighted by Gasteiger charge is -2.55. The highest BCUT2D eigenvalue weighted by molar-refractivity contribution is 5.75. The van der Waals surface area contributed by atoms with Crippen LogP contribution in [0, 0.1) is 17.8 Å². The first-order chi connectivity index (χ1) is 10.1. The van der Waals surface area contributed by atoms with Crippen molar-refractivity contribution in [1.82, 2.24) is 15.5 Å². The van der Waals surface area contributed by atoms with Gasteiger partial charge in [0.15, 0.2) is 5.82 Å². The average Bonchev–Trinajstić information content (AvgIpc) is 2.86. The van der Waals surface area contributed by atoms with Crippen molar-refractivity contribution in [2.24, 2.45) is 23.5 Å². The summed E-state index contributed by atoms with van der Waals surface area (Å²) in [7, 11) is 0. The van der Waals surface area contributed by atoms with Gasteiger partial charge in [-0.15, -0.1) is 0 Å². The highest BCUT2D eigenvalue weighted by Crippen LogP contribution is 2.60. The number of carbonyl (C=O) groups is 1. The normalized spacial score (nSPS) is 37.0. The van der Waals surface area contributed by atoms with Crippen LogP contribution in [0.2, 0.25) is 0 Å². The zero-order chi connectivity index (χ0) is 14.4. The van der Waals surface area contributed by atoms with Crippen LogP contribution in [0.15, 0.2) is 4.52 Å². The number of rotatable bonds is 5. The first-order valence-electron chi connectivity index (χ1n) is 7.95. The predicted molar refractivity (Wildman–Crippen MR) is 75.0 cm³/mol. The van der Waals surface area contributed by atoms with Crippen LogP contribution in [0.5, 0.6) is 0 Å². The Labute approximate surface area is 123 Å². The molecule has 0 aromatic carbocycles. The molecule has 21 heavy (non-hydrogen) atoms. The minimum Gasteiger partial charge on any atom is -0.369 e. The Morgan fingerprint density at radius 1 is 1.24 bits per heavy atom. The van der Waals surface area contributed by atoms with E-state index in [1.807, 2.05) is 0 Å². The average molecular weight is 290 g/mol. The van der Waals surface area contributed by atoms with Crippen LogP contribution in [0.1, 0.15) is 50.2 Å². The first-order valence-corrected chi connectivity index (χ1v) is 7.95. The van der Waals surface area contributed by atoms with E-state index >= 15 is 0 Å². The number of hydrogen-bond acceptors (Lipinski definition) is 5. The minimum atomic E-state index is -0.379. The summed E-state index contributed by atoms with van der Waals surface area (Å²) < 4.78 is 5.36. The Hall–Kier alpha value is -1.43. The molecule has 0 saturated heterocycles. The van der Waals surface area contributed by atoms with Crippen molar-refractivity contribution in [3.05, 3.63) is 11.7 Å². The molecule has 1 aromatic heterocycles. The van der Waals surface area contributed by atoms with Gasteiger partial charge in [0.1, 0.15) is 0 Å². The molecule has 6 heteroatoms. The van der Waals surface area contributed by atoms with Crippen LogP contribution in [0.3, 0.4) is 0 Å². The lowest BCUT2D eigenvalue weighted by Crippen LogP contribution is -2.49. The Kier molecular flexibility index (Phi) is 3.03. The highest BCUT2D eigenvalue weighted by Gasteiger charge is 2.53. The second-order valence-electron chi connectivity index (χ2n) is 7.28. The van der Waals surface area contributed by atoms with E-state index in [9.17, 15) is 4.79 Å². The smallest absolute Gasteiger partial charge is 0.240 e. The van der Waals surface area contributed by atoms with Gasteiger partial charge < -0.3 is 10.3 Å². The van der Waals surface area contributed by atoms with Crippen molar-refractivity contribution in [3.8, 4) is 0 Å². The van der Waals surface area contributed by atoms with Crippen LogP contribution >= 0.6 is 0 Å². The highest BCUT2D eigenvalue weighted by atomic mass is 16.5. The number of hydrogen-bond donors (Lipinski definition) is 2. The fourth-order valence-electron chi connectivity index (χ4n) is 5.22. The molecule has 4 aliphatic rings. The molecule has 1 amide bonds. The Bertz CT molecular complexity index is 518. The topological polar surface area (TPSA) is 94.0 Å². The monoisotopic (exact) mass is 290 g/mol. The molecule has 0 unspecified atom stereocenters. The van der Waals surface area contributed by atoms with Gasteiger partial charge in [-0.1, -0.05) is 5.16 Å². The molecule has 0 atom stereocenters. The molecule has 4 bridgehead atoms. The lowest BCUT2D eigenvalue weighted by atomic mass is 9.49. The quantitative estimate of drug-likeness (QED) is 0.847. The maximum absolute atomic E-state index is 10.7. The van der Waals surface area contributed by atoms with Gasteiger partial charge in [-0.25, -0.2) is 0 Å². The molecular weight excluding hydrogens is 268 g/mol. The number of nitrogens with one attached hydrogen (secondary N) is 1. The van der Waals surface area contributed by atoms with E-state index in [0.717, 1.165) is 23.6 Å². The van der Waals surface area contributed by atoms with E-state index in [0.29, 0.717) is 12.4 Å². The van der Waals surface area contributed by atoms with E-state index < -0.39 is 0 Å². The molecule has 114 valence electrons. The van der Waals surface area contributed by atoms with Gasteiger partial charge in [0.05, 0.1) is 13.1 Å². The Morgan fingerprint density at radius 2 is 1.86 bits per heavy atom. The van der Waals surface area contributed by atoms with E-state index in [1.54, 1.807) is 0 Å². The number of nitrogens with zero attached hydrogens (tertiary/aromatic N) is 2. The summed E-state index contributed by atoms with van der Waals surface area (Å²) in [6, 6.07) is 0. The second-order valence-corrected chi connectivity index (χ2v) is 7.28. The maximum atomic E-state index is 10.7. The van der Waals surface area contributed by atoms with Crippen molar-refractivity contribution < 1.29 is 9.32 Å². The Balaban J connectivity index is 1.49. The zero-order valence-electron chi connectivity index (χ0n) is 12.2. The largest absolute Gasteiger partial charge is 0.369 e. The van der Waals surface area contributed by atoms with Crippen molar-refractivity contribution in [2.75, 3.05) is 6.54 Å². The summed E-state index contributed by atoms with van der Waals surface area (Å²) in [6.45, 7) is 0.539. The standard InChI is InChI=1S/C15H22N4O2/c16-12(20)7-17-8-13-18-14(19-21-13)15-4-9-1-10(5-15)3-11(2-9)6-15/h9-11,17H,1-8H2,(H2,16,20). The van der Waals surface area contributed by atoms with E-state index in [1.165, 1.54) is 38.5 Å². The van der Waals surface area contributed by atoms with Gasteiger partial charge in [-0.3, -0.25) is 10.1 Å². The molecule has 4 saturated carbocycles. The molecule has 5 rings (SSSR count). The van der Waals surface area contributed by atoms with Gasteiger partial charge in [0.25, 0.3) is 0 Å². The van der Waals surface area contributed by atoms with Crippen LogP contribution in [-0.4, -0.2) is 22.6 Å². The fourth-order valence-corrected chi connectivity index (χ4v) is 5.22. The second kappa shape index (κ2) is 4.80. The van der Waals surface area contributed by atoms with E-state index in [-0.39, 0.29) is 17.9 Å². The third-order valence-corrected chi connectivity index (χ3v) is 5.56. The third kappa shape index (κ3) is 2.35. The van der Waals surface area contributed by atoms with Crippen molar-refractivity contribution in [2.45, 2.75) is 50.5 Å². The summed E-state index contributed by atoms with van der Waals surface area (Å²) in [4.78, 5) is 15.3. The van der Waals surface area contributed by atoms with Crippen molar-refractivity contribution in [1.29, 1.82) is 0 Å². The molecule has 1 aromatic rings. The molecule has 6 nitrogen and oxygen atoms in total. The summed E-state index contributed by atoms with van der Waals surface area (Å²) >= 11 is 0. The molecule has 4 fully saturated rings. The maximum Gasteiger partial charge on any atom is 0.240 e. The third-order valence-electron chi connectivity index (χ3n) is 5.56. The van der Waals surface area contributed by atoms with Crippen molar-refractivity contribution in [3.63, 3.8) is 0 Å². The molecule has 0 radical (unpaired) electrons. The number of aromatic nitrogens is 2. The molecule has 3 N–H and O–H groups in total. The number of amides is 1. The van der Waals surface area contributed by atoms with Gasteiger partial charge in [0, 0.05) is 5.41 Å². The van der Waals surface area contributed by atoms with Crippen LogP contribution in [-0.2, 0) is 16.8 Å². The zero-order valence-corrected chi connectivity index (χ0v) is 12.2. The molecule has 4 aliphatic carbocycles. The lowest BCUT2D eigenvalue weighted by molar-refractivity contribution is -0.117. The molecule has 0 aliphatic heterocycles. The number of nitrogens with two attached hydrogens (primary N) is 1. The number of carbonyl (C=O) groups excluding carboxylic acids is 1. The molecular formula is C15H22N4O2. The summed E-state index contributed by atoms with van der Waals surface area (Å²) in [6.07, 6.45) is 7.91. The molecule has 1 heterocycles. The van der Waals surface area contributed by atoms with Crippen LogP contribution < -0.4 is 11.1 Å². The van der Waals surface area contributed by atoms with Crippen LogP contribution in [0.4, 0.5) is 0 Å². The predicted octanol–water partition coefficient (Wildman–Crippen LogP) is 1.11. The summed E-state index contributed by atoms with van der Waals surface area (Å²) in [5.41, 5.74) is 5.26. The van der Waals surface area contributed by atoms with Crippen LogP contribution in [0.25, 0.3) is 0 Å². The fraction of sp³-hybridized carbons (Fsp3) is 0.800. The Morgan fingerprint density at radius 3 is 2.43 bits per heavy atom. The van der Waals surface area contributed by atoms with Gasteiger partial charge in [-0.2, -0.15) is 4.98 Å². The summed E-state index contributed by atoms with van der Waals surface area (Å²) in [5.74, 6) is 3.68. The van der Waals surface area contributed by atoms with Gasteiger partial charge in [-0.05, 0) is 56.3 Å². The number of primary amides is 1. The minimum absolute atomic E-state index is 0.134. The van der Waals surface area contributed by atoms with E-state index in [4.69, 9.17) is 10.3 Å². The van der Waals surface area contributed by atoms with E-state index in [2.05, 4.69) is 15.5 Å². The molecule has 0 spiro atoms. The van der Waals surface area contributed by atoms with Crippen molar-refractivity contribution >= 4 is 5.91 Å². The van der Waals surface area contributed by atoms with Gasteiger partial charge in [0.2, 0.25) is 11.8 Å².